The molecule has 5 nitrogen and oxygen atoms in total. The van der Waals surface area contributed by atoms with Gasteiger partial charge < -0.3 is 11.1 Å². The Labute approximate surface area is 115 Å². The average molecular weight is 280 g/mol. The van der Waals surface area contributed by atoms with Gasteiger partial charge in [-0.2, -0.15) is 0 Å². The van der Waals surface area contributed by atoms with Crippen molar-refractivity contribution in [2.45, 2.75) is 39.0 Å². The quantitative estimate of drug-likeness (QED) is 0.822. The van der Waals surface area contributed by atoms with Gasteiger partial charge in [0.2, 0.25) is 5.78 Å². The van der Waals surface area contributed by atoms with Gasteiger partial charge in [0.05, 0.1) is 5.56 Å². The molecule has 1 aliphatic carbocycles. The molecule has 2 amide bonds. The molecule has 0 spiro atoms. The second kappa shape index (κ2) is 5.52. The van der Waals surface area contributed by atoms with Crippen molar-refractivity contribution in [2.75, 3.05) is 5.32 Å². The van der Waals surface area contributed by atoms with E-state index in [4.69, 9.17) is 5.73 Å². The first-order valence-electron chi connectivity index (χ1n) is 6.33. The number of amides is 2. The third-order valence-electron chi connectivity index (χ3n) is 3.22. The van der Waals surface area contributed by atoms with E-state index in [1.807, 2.05) is 0 Å². The van der Waals surface area contributed by atoms with Gasteiger partial charge in [-0.25, -0.2) is 0 Å². The molecule has 0 aromatic carbocycles. The largest absolute Gasteiger partial charge is 0.365 e. The molecule has 0 saturated heterocycles. The summed E-state index contributed by atoms with van der Waals surface area (Å²) in [6, 6.07) is 0. The maximum Gasteiger partial charge on any atom is 0.292 e. The van der Waals surface area contributed by atoms with Gasteiger partial charge in [-0.3, -0.25) is 14.4 Å². The lowest BCUT2D eigenvalue weighted by atomic mass is 9.95. The number of thiophene rings is 1. The second-order valence-corrected chi connectivity index (χ2v) is 5.62. The summed E-state index contributed by atoms with van der Waals surface area (Å²) in [7, 11) is 0. The fourth-order valence-electron chi connectivity index (χ4n) is 2.25. The molecule has 3 N–H and O–H groups in total. The number of primary amides is 1. The summed E-state index contributed by atoms with van der Waals surface area (Å²) in [5.74, 6) is -1.72. The van der Waals surface area contributed by atoms with Gasteiger partial charge in [0.25, 0.3) is 11.8 Å². The van der Waals surface area contributed by atoms with Gasteiger partial charge in [0.1, 0.15) is 5.00 Å². The molecule has 0 fully saturated rings. The SMILES string of the molecule is CCC(=O)C(=O)Nc1sc2c(c1C(N)=O)CCCC2. The third-order valence-corrected chi connectivity index (χ3v) is 4.43. The molecule has 0 unspecified atom stereocenters. The lowest BCUT2D eigenvalue weighted by Crippen LogP contribution is -2.23. The third kappa shape index (κ3) is 2.68. The Morgan fingerprint density at radius 1 is 1.26 bits per heavy atom. The molecule has 2 rings (SSSR count). The van der Waals surface area contributed by atoms with Crippen LogP contribution in [0.1, 0.15) is 47.0 Å². The lowest BCUT2D eigenvalue weighted by Gasteiger charge is -2.11. The van der Waals surface area contributed by atoms with Crippen molar-refractivity contribution in [1.29, 1.82) is 0 Å². The van der Waals surface area contributed by atoms with Gasteiger partial charge >= 0.3 is 0 Å². The van der Waals surface area contributed by atoms with Gasteiger partial charge in [-0.15, -0.1) is 11.3 Å². The summed E-state index contributed by atoms with van der Waals surface area (Å²) < 4.78 is 0. The molecule has 0 bridgehead atoms. The number of carbonyl (C=O) groups is 3. The highest BCUT2D eigenvalue weighted by atomic mass is 32.1. The second-order valence-electron chi connectivity index (χ2n) is 4.51. The summed E-state index contributed by atoms with van der Waals surface area (Å²) in [5.41, 5.74) is 6.73. The highest BCUT2D eigenvalue weighted by Gasteiger charge is 2.25. The van der Waals surface area contributed by atoms with E-state index < -0.39 is 17.6 Å². The van der Waals surface area contributed by atoms with Crippen LogP contribution in [-0.4, -0.2) is 17.6 Å². The number of aryl methyl sites for hydroxylation is 1. The van der Waals surface area contributed by atoms with E-state index in [0.29, 0.717) is 10.6 Å². The maximum atomic E-state index is 11.6. The van der Waals surface area contributed by atoms with E-state index in [-0.39, 0.29) is 6.42 Å². The zero-order valence-corrected chi connectivity index (χ0v) is 11.6. The van der Waals surface area contributed by atoms with E-state index in [0.717, 1.165) is 36.1 Å². The molecular formula is C13H16N2O3S. The first kappa shape index (κ1) is 13.7. The number of Topliss-reactive ketones (excluding diaryl/α,β-unsaturated/α-hetero) is 1. The van der Waals surface area contributed by atoms with Crippen molar-refractivity contribution in [1.82, 2.24) is 0 Å². The van der Waals surface area contributed by atoms with E-state index in [9.17, 15) is 14.4 Å². The molecule has 1 aromatic heterocycles. The lowest BCUT2D eigenvalue weighted by molar-refractivity contribution is -0.134. The van der Waals surface area contributed by atoms with E-state index in [1.54, 1.807) is 6.92 Å². The van der Waals surface area contributed by atoms with E-state index in [1.165, 1.54) is 11.3 Å². The van der Waals surface area contributed by atoms with Crippen LogP contribution in [0, 0.1) is 0 Å². The van der Waals surface area contributed by atoms with E-state index >= 15 is 0 Å². The predicted molar refractivity (Wildman–Crippen MR) is 73.4 cm³/mol. The maximum absolute atomic E-state index is 11.6. The van der Waals surface area contributed by atoms with Crippen LogP contribution >= 0.6 is 11.3 Å². The van der Waals surface area contributed by atoms with Crippen LogP contribution in [0.25, 0.3) is 0 Å². The Bertz CT molecular complexity index is 548. The Hall–Kier alpha value is -1.69. The first-order valence-corrected chi connectivity index (χ1v) is 7.14. The number of nitrogens with one attached hydrogen (secondary N) is 1. The van der Waals surface area contributed by atoms with Gasteiger partial charge in [-0.05, 0) is 31.2 Å². The fraction of sp³-hybridized carbons (Fsp3) is 0.462. The number of nitrogens with two attached hydrogens (primary N) is 1. The molecule has 1 aromatic rings. The summed E-state index contributed by atoms with van der Waals surface area (Å²) in [5, 5.41) is 2.95. The average Bonchev–Trinajstić information content (AvgIpc) is 2.75. The van der Waals surface area contributed by atoms with Crippen molar-refractivity contribution >= 4 is 33.9 Å². The van der Waals surface area contributed by atoms with Crippen LogP contribution in [-0.2, 0) is 22.4 Å². The number of hydrogen-bond donors (Lipinski definition) is 2. The minimum atomic E-state index is -0.677. The topological polar surface area (TPSA) is 89.3 Å². The number of ketones is 1. The minimum absolute atomic E-state index is 0.142. The highest BCUT2D eigenvalue weighted by Crippen LogP contribution is 2.37. The van der Waals surface area contributed by atoms with Crippen molar-refractivity contribution in [3.05, 3.63) is 16.0 Å². The first-order chi connectivity index (χ1) is 9.04. The molecule has 6 heteroatoms. The predicted octanol–water partition coefficient (Wildman–Crippen LogP) is 1.64. The molecule has 0 radical (unpaired) electrons. The highest BCUT2D eigenvalue weighted by molar-refractivity contribution is 7.17. The molecule has 0 saturated carbocycles. The number of carbonyl (C=O) groups excluding carboxylic acids is 3. The summed E-state index contributed by atoms with van der Waals surface area (Å²) in [4.78, 5) is 35.6. The smallest absolute Gasteiger partial charge is 0.292 e. The monoisotopic (exact) mass is 280 g/mol. The van der Waals surface area contributed by atoms with Crippen molar-refractivity contribution in [2.24, 2.45) is 5.73 Å². The molecular weight excluding hydrogens is 264 g/mol. The molecule has 0 atom stereocenters. The van der Waals surface area contributed by atoms with Crippen LogP contribution in [0.4, 0.5) is 5.00 Å². The fourth-order valence-corrected chi connectivity index (χ4v) is 3.54. The summed E-state index contributed by atoms with van der Waals surface area (Å²) in [6.07, 6.45) is 3.95. The summed E-state index contributed by atoms with van der Waals surface area (Å²) >= 11 is 1.36. The van der Waals surface area contributed by atoms with Crippen LogP contribution in [0.15, 0.2) is 0 Å². The normalized spacial score (nSPS) is 13.7. The number of anilines is 1. The van der Waals surface area contributed by atoms with Gasteiger partial charge in [0.15, 0.2) is 0 Å². The Balaban J connectivity index is 2.35. The van der Waals surface area contributed by atoms with Crippen LogP contribution in [0.5, 0.6) is 0 Å². The summed E-state index contributed by atoms with van der Waals surface area (Å²) in [6.45, 7) is 1.62. The number of hydrogen-bond acceptors (Lipinski definition) is 4. The molecule has 0 aliphatic heterocycles. The Kier molecular flexibility index (Phi) is 3.99. The molecule has 102 valence electrons. The molecule has 19 heavy (non-hydrogen) atoms. The van der Waals surface area contributed by atoms with Gasteiger partial charge in [0, 0.05) is 11.3 Å². The number of fused-ring (bicyclic) bond motifs is 1. The van der Waals surface area contributed by atoms with Gasteiger partial charge in [-0.1, -0.05) is 6.92 Å². The minimum Gasteiger partial charge on any atom is -0.365 e. The Morgan fingerprint density at radius 2 is 1.95 bits per heavy atom. The zero-order chi connectivity index (χ0) is 14.0. The molecule has 1 heterocycles. The van der Waals surface area contributed by atoms with Crippen LogP contribution in [0.3, 0.4) is 0 Å². The van der Waals surface area contributed by atoms with E-state index in [2.05, 4.69) is 5.32 Å². The van der Waals surface area contributed by atoms with Crippen molar-refractivity contribution in [3.8, 4) is 0 Å². The molecule has 1 aliphatic rings. The number of rotatable bonds is 4. The van der Waals surface area contributed by atoms with Crippen molar-refractivity contribution in [3.63, 3.8) is 0 Å². The van der Waals surface area contributed by atoms with Crippen LogP contribution in [0.2, 0.25) is 0 Å². The Morgan fingerprint density at radius 3 is 2.58 bits per heavy atom. The van der Waals surface area contributed by atoms with Crippen molar-refractivity contribution < 1.29 is 14.4 Å². The zero-order valence-electron chi connectivity index (χ0n) is 10.7. The standard InChI is InChI=1S/C13H16N2O3S/c1-2-8(16)12(18)15-13-10(11(14)17)7-5-3-4-6-9(7)19-13/h2-6H2,1H3,(H2,14,17)(H,15,18). The van der Waals surface area contributed by atoms with Crippen LogP contribution < -0.4 is 11.1 Å².